The predicted octanol–water partition coefficient (Wildman–Crippen LogP) is 2.12. The fourth-order valence-corrected chi connectivity index (χ4v) is 5.19. The molecule has 1 atom stereocenters. The van der Waals surface area contributed by atoms with Crippen molar-refractivity contribution >= 4 is 45.1 Å². The number of nitrogens with two attached hydrogens (primary N) is 1. The number of carbonyl (C=O) groups excluding carboxylic acids is 1. The van der Waals surface area contributed by atoms with Gasteiger partial charge in [0.2, 0.25) is 5.88 Å². The summed E-state index contributed by atoms with van der Waals surface area (Å²) in [4.78, 5) is 37.8. The van der Waals surface area contributed by atoms with Gasteiger partial charge in [-0.3, -0.25) is 4.79 Å². The van der Waals surface area contributed by atoms with Gasteiger partial charge in [0.25, 0.3) is 5.91 Å². The van der Waals surface area contributed by atoms with Crippen molar-refractivity contribution in [2.45, 2.75) is 19.4 Å². The fraction of sp³-hybridized carbons (Fsp3) is 0.364. The lowest BCUT2D eigenvalue weighted by molar-refractivity contribution is 0.0918. The second kappa shape index (κ2) is 8.39. The van der Waals surface area contributed by atoms with Gasteiger partial charge in [-0.2, -0.15) is 4.98 Å². The molecule has 172 valence electrons. The van der Waals surface area contributed by atoms with E-state index in [1.165, 1.54) is 16.2 Å². The van der Waals surface area contributed by atoms with Gasteiger partial charge in [-0.15, -0.1) is 11.3 Å². The van der Waals surface area contributed by atoms with Crippen LogP contribution in [0.2, 0.25) is 0 Å². The Balaban J connectivity index is 1.25. The van der Waals surface area contributed by atoms with E-state index in [0.717, 1.165) is 27.3 Å². The largest absolute Gasteiger partial charge is 0.475 e. The van der Waals surface area contributed by atoms with Crippen LogP contribution in [0.1, 0.15) is 20.9 Å². The molecule has 3 aromatic rings. The van der Waals surface area contributed by atoms with Gasteiger partial charge < -0.3 is 30.7 Å². The molecule has 11 heteroatoms. The van der Waals surface area contributed by atoms with Crippen molar-refractivity contribution in [1.29, 1.82) is 0 Å². The van der Waals surface area contributed by atoms with Crippen LogP contribution >= 0.6 is 11.3 Å². The normalized spacial score (nSPS) is 18.0. The summed E-state index contributed by atoms with van der Waals surface area (Å²) in [5.74, 6) is 1.09. The van der Waals surface area contributed by atoms with E-state index in [-0.39, 0.29) is 11.9 Å². The molecular formula is C22H24N6O4S. The Morgan fingerprint density at radius 2 is 1.97 bits per heavy atom. The van der Waals surface area contributed by atoms with Gasteiger partial charge in [0, 0.05) is 49.2 Å². The number of ether oxygens (including phenoxy) is 1. The number of piperazine rings is 1. The Kier molecular flexibility index (Phi) is 5.41. The number of hydrogen-bond donors (Lipinski definition) is 3. The summed E-state index contributed by atoms with van der Waals surface area (Å²) in [5.41, 5.74) is 8.46. The highest BCUT2D eigenvalue weighted by Crippen LogP contribution is 2.33. The van der Waals surface area contributed by atoms with Gasteiger partial charge in [0.1, 0.15) is 22.1 Å². The second-order valence-electron chi connectivity index (χ2n) is 8.23. The average Bonchev–Trinajstić information content (AvgIpc) is 3.14. The first-order chi connectivity index (χ1) is 15.9. The first-order valence-electron chi connectivity index (χ1n) is 10.7. The zero-order chi connectivity index (χ0) is 23.1. The first kappa shape index (κ1) is 21.3. The molecule has 1 unspecified atom stereocenters. The molecule has 3 aromatic heterocycles. The van der Waals surface area contributed by atoms with Crippen molar-refractivity contribution in [3.05, 3.63) is 40.4 Å². The van der Waals surface area contributed by atoms with E-state index in [4.69, 9.17) is 15.6 Å². The third kappa shape index (κ3) is 4.11. The summed E-state index contributed by atoms with van der Waals surface area (Å²) in [7, 11) is 0. The number of nitrogen functional groups attached to an aromatic ring is 1. The van der Waals surface area contributed by atoms with Crippen molar-refractivity contribution < 1.29 is 19.4 Å². The van der Waals surface area contributed by atoms with Crippen LogP contribution in [0.5, 0.6) is 5.88 Å². The van der Waals surface area contributed by atoms with Crippen LogP contribution in [-0.2, 0) is 6.42 Å². The van der Waals surface area contributed by atoms with Crippen LogP contribution in [0.15, 0.2) is 24.3 Å². The summed E-state index contributed by atoms with van der Waals surface area (Å²) in [6, 6.07) is 7.45. The molecule has 5 heterocycles. The van der Waals surface area contributed by atoms with Gasteiger partial charge in [-0.25, -0.2) is 9.78 Å². The maximum absolute atomic E-state index is 12.9. The number of nitrogens with zero attached hydrogens (tertiary/aromatic N) is 4. The van der Waals surface area contributed by atoms with Gasteiger partial charge in [0.15, 0.2) is 0 Å². The lowest BCUT2D eigenvalue weighted by Crippen LogP contribution is -2.48. The van der Waals surface area contributed by atoms with Crippen molar-refractivity contribution in [1.82, 2.24) is 20.2 Å². The van der Waals surface area contributed by atoms with E-state index in [9.17, 15) is 9.59 Å². The molecule has 33 heavy (non-hydrogen) atoms. The van der Waals surface area contributed by atoms with Gasteiger partial charge in [-0.05, 0) is 31.2 Å². The van der Waals surface area contributed by atoms with E-state index in [1.54, 1.807) is 0 Å². The molecule has 10 nitrogen and oxygen atoms in total. The monoisotopic (exact) mass is 468 g/mol. The molecule has 2 aliphatic heterocycles. The topological polar surface area (TPSA) is 134 Å². The fourth-order valence-electron chi connectivity index (χ4n) is 4.15. The van der Waals surface area contributed by atoms with Crippen LogP contribution in [-0.4, -0.2) is 70.8 Å². The number of carbonyl (C=O) groups is 2. The number of aromatic nitrogens is 2. The molecule has 1 fully saturated rings. The number of fused-ring (bicyclic) bond motifs is 2. The third-order valence-corrected chi connectivity index (χ3v) is 7.07. The first-order valence-corrected chi connectivity index (χ1v) is 11.5. The molecular weight excluding hydrogens is 444 g/mol. The standard InChI is InChI=1S/C22H24N6O4S/c1-12-2-4-15-17(23)18(33-21(15)24-12)19(29)25-14-10-13-3-5-16(26-20(13)32-11-14)27-6-8-28(9-7-27)22(30)31/h2-5,14H,6-11,23H2,1H3,(H,25,29)(H,30,31). The van der Waals surface area contributed by atoms with E-state index in [0.29, 0.717) is 55.7 Å². The molecule has 0 saturated carbocycles. The quantitative estimate of drug-likeness (QED) is 0.532. The number of rotatable bonds is 3. The Hall–Kier alpha value is -3.60. The number of amides is 2. The molecule has 1 saturated heterocycles. The minimum Gasteiger partial charge on any atom is -0.475 e. The van der Waals surface area contributed by atoms with Crippen molar-refractivity contribution in [2.24, 2.45) is 0 Å². The molecule has 0 aliphatic carbocycles. The second-order valence-corrected chi connectivity index (χ2v) is 9.23. The van der Waals surface area contributed by atoms with E-state index >= 15 is 0 Å². The molecule has 4 N–H and O–H groups in total. The van der Waals surface area contributed by atoms with Crippen molar-refractivity contribution in [3.8, 4) is 5.88 Å². The predicted molar refractivity (Wildman–Crippen MR) is 125 cm³/mol. The van der Waals surface area contributed by atoms with Crippen LogP contribution < -0.4 is 20.7 Å². The number of anilines is 2. The highest BCUT2D eigenvalue weighted by molar-refractivity contribution is 7.21. The Morgan fingerprint density at radius 1 is 1.18 bits per heavy atom. The number of hydrogen-bond acceptors (Lipinski definition) is 8. The zero-order valence-electron chi connectivity index (χ0n) is 18.1. The van der Waals surface area contributed by atoms with E-state index in [1.807, 2.05) is 31.2 Å². The third-order valence-electron chi connectivity index (χ3n) is 5.96. The summed E-state index contributed by atoms with van der Waals surface area (Å²) in [6.07, 6.45) is -0.295. The van der Waals surface area contributed by atoms with Gasteiger partial charge in [-0.1, -0.05) is 0 Å². The Bertz CT molecular complexity index is 1240. The van der Waals surface area contributed by atoms with Crippen LogP contribution in [0, 0.1) is 6.92 Å². The average molecular weight is 469 g/mol. The van der Waals surface area contributed by atoms with Crippen molar-refractivity contribution in [2.75, 3.05) is 43.4 Å². The number of thiophene rings is 1. The molecule has 0 bridgehead atoms. The maximum Gasteiger partial charge on any atom is 0.407 e. The Labute approximate surface area is 194 Å². The van der Waals surface area contributed by atoms with E-state index in [2.05, 4.69) is 20.2 Å². The molecule has 0 radical (unpaired) electrons. The summed E-state index contributed by atoms with van der Waals surface area (Å²) >= 11 is 1.29. The molecule has 2 amide bonds. The molecule has 0 aromatic carbocycles. The summed E-state index contributed by atoms with van der Waals surface area (Å²) in [5, 5.41) is 12.9. The highest BCUT2D eigenvalue weighted by Gasteiger charge is 2.27. The number of carboxylic acid groups (broad SMARTS) is 1. The van der Waals surface area contributed by atoms with Crippen LogP contribution in [0.4, 0.5) is 16.3 Å². The summed E-state index contributed by atoms with van der Waals surface area (Å²) in [6.45, 7) is 4.27. The number of pyridine rings is 2. The number of nitrogens with one attached hydrogen (secondary N) is 1. The maximum atomic E-state index is 12.9. The minimum absolute atomic E-state index is 0.198. The highest BCUT2D eigenvalue weighted by atomic mass is 32.1. The molecule has 5 rings (SSSR count). The molecule has 2 aliphatic rings. The van der Waals surface area contributed by atoms with Crippen molar-refractivity contribution in [3.63, 3.8) is 0 Å². The zero-order valence-corrected chi connectivity index (χ0v) is 18.9. The van der Waals surface area contributed by atoms with Crippen LogP contribution in [0.3, 0.4) is 0 Å². The Morgan fingerprint density at radius 3 is 2.73 bits per heavy atom. The van der Waals surface area contributed by atoms with Gasteiger partial charge >= 0.3 is 6.09 Å². The van der Waals surface area contributed by atoms with Crippen LogP contribution in [0.25, 0.3) is 10.2 Å². The lowest BCUT2D eigenvalue weighted by Gasteiger charge is -2.34. The SMILES string of the molecule is Cc1ccc2c(N)c(C(=O)NC3COc4nc(N5CCN(C(=O)O)CC5)ccc4C3)sc2n1. The smallest absolute Gasteiger partial charge is 0.407 e. The van der Waals surface area contributed by atoms with Gasteiger partial charge in [0.05, 0.1) is 11.7 Å². The molecule has 0 spiro atoms. The lowest BCUT2D eigenvalue weighted by atomic mass is 10.1. The summed E-state index contributed by atoms with van der Waals surface area (Å²) < 4.78 is 5.87. The number of aryl methyl sites for hydroxylation is 1. The van der Waals surface area contributed by atoms with E-state index < -0.39 is 6.09 Å². The minimum atomic E-state index is -0.895.